The molecule has 0 aromatic rings. The molecule has 2 fully saturated rings. The third-order valence-corrected chi connectivity index (χ3v) is 4.04. The van der Waals surface area contributed by atoms with Crippen LogP contribution >= 0.6 is 0 Å². The molecule has 0 spiro atoms. The Bertz CT molecular complexity index is 347. The van der Waals surface area contributed by atoms with E-state index in [0.29, 0.717) is 13.0 Å². The van der Waals surface area contributed by atoms with Crippen molar-refractivity contribution in [3.8, 4) is 0 Å². The van der Waals surface area contributed by atoms with Gasteiger partial charge in [-0.1, -0.05) is 6.92 Å². The minimum absolute atomic E-state index is 0.0407. The van der Waals surface area contributed by atoms with E-state index < -0.39 is 18.1 Å². The van der Waals surface area contributed by atoms with E-state index in [1.807, 2.05) is 6.92 Å². The highest BCUT2D eigenvalue weighted by Crippen LogP contribution is 2.28. The van der Waals surface area contributed by atoms with Crippen molar-refractivity contribution in [2.75, 3.05) is 19.6 Å². The summed E-state index contributed by atoms with van der Waals surface area (Å²) in [6.45, 7) is 4.32. The zero-order chi connectivity index (χ0) is 13.3. The molecule has 6 nitrogen and oxygen atoms in total. The number of rotatable bonds is 2. The normalized spacial score (nSPS) is 34.0. The summed E-state index contributed by atoms with van der Waals surface area (Å²) in [6, 6.07) is -1.24. The van der Waals surface area contributed by atoms with Crippen LogP contribution in [0, 0.1) is 0 Å². The van der Waals surface area contributed by atoms with Crippen LogP contribution in [0.1, 0.15) is 26.2 Å². The fraction of sp³-hybridized carbons (Fsp3) is 0.833. The number of carboxylic acid groups (broad SMARTS) is 1. The summed E-state index contributed by atoms with van der Waals surface area (Å²) in [5, 5.41) is 9.17. The highest BCUT2D eigenvalue weighted by Gasteiger charge is 2.43. The third-order valence-electron chi connectivity index (χ3n) is 4.04. The Hall–Kier alpha value is -1.14. The van der Waals surface area contributed by atoms with Gasteiger partial charge >= 0.3 is 5.97 Å². The maximum atomic E-state index is 12.3. The molecular weight excluding hydrogens is 234 g/mol. The number of carbonyl (C=O) groups is 2. The molecule has 18 heavy (non-hydrogen) atoms. The summed E-state index contributed by atoms with van der Waals surface area (Å²) >= 11 is 0. The third kappa shape index (κ3) is 2.35. The number of nitrogens with two attached hydrogens (primary N) is 1. The molecule has 0 bridgehead atoms. The highest BCUT2D eigenvalue weighted by molar-refractivity contribution is 5.88. The van der Waals surface area contributed by atoms with E-state index in [1.54, 1.807) is 0 Å². The first-order chi connectivity index (χ1) is 8.54. The van der Waals surface area contributed by atoms with Gasteiger partial charge in [0.2, 0.25) is 5.91 Å². The lowest BCUT2D eigenvalue weighted by atomic mass is 10.1. The Balaban J connectivity index is 2.18. The van der Waals surface area contributed by atoms with Crippen LogP contribution in [0.25, 0.3) is 0 Å². The lowest BCUT2D eigenvalue weighted by Gasteiger charge is -2.36. The van der Waals surface area contributed by atoms with E-state index in [-0.39, 0.29) is 11.9 Å². The van der Waals surface area contributed by atoms with Crippen molar-refractivity contribution in [3.63, 3.8) is 0 Å². The number of hydrogen-bond acceptors (Lipinski definition) is 4. The van der Waals surface area contributed by atoms with E-state index >= 15 is 0 Å². The van der Waals surface area contributed by atoms with Crippen LogP contribution in [0.3, 0.4) is 0 Å². The zero-order valence-electron chi connectivity index (χ0n) is 10.7. The van der Waals surface area contributed by atoms with Crippen molar-refractivity contribution in [1.82, 2.24) is 9.80 Å². The lowest BCUT2D eigenvalue weighted by molar-refractivity contribution is -0.151. The first kappa shape index (κ1) is 13.3. The second-order valence-electron chi connectivity index (χ2n) is 5.12. The standard InChI is InChI=1S/C12H21N3O3/c1-2-14-6-5-8-3-4-10(12(17)18)15(8)11(16)9(13)7-14/h8-10H,2-7,13H2,1H3,(H,17,18)/t8-,9+,10+/m1/s1. The molecule has 2 aliphatic rings. The van der Waals surface area contributed by atoms with Crippen molar-refractivity contribution in [2.45, 2.75) is 44.3 Å². The second-order valence-corrected chi connectivity index (χ2v) is 5.12. The average molecular weight is 255 g/mol. The highest BCUT2D eigenvalue weighted by atomic mass is 16.4. The molecule has 0 radical (unpaired) electrons. The maximum absolute atomic E-state index is 12.3. The van der Waals surface area contributed by atoms with Crippen LogP contribution in [0.5, 0.6) is 0 Å². The SMILES string of the molecule is CCN1CC[C@H]2CC[C@@H](C(=O)O)N2C(=O)[C@@H](N)C1. The molecule has 0 aliphatic carbocycles. The predicted molar refractivity (Wildman–Crippen MR) is 66.0 cm³/mol. The van der Waals surface area contributed by atoms with E-state index in [2.05, 4.69) is 4.90 Å². The van der Waals surface area contributed by atoms with E-state index in [1.165, 1.54) is 4.90 Å². The van der Waals surface area contributed by atoms with Crippen LogP contribution in [0.15, 0.2) is 0 Å². The molecule has 102 valence electrons. The van der Waals surface area contributed by atoms with Crippen LogP contribution in [0.4, 0.5) is 0 Å². The summed E-state index contributed by atoms with van der Waals surface area (Å²) in [5.41, 5.74) is 5.91. The number of fused-ring (bicyclic) bond motifs is 1. The molecule has 0 saturated carbocycles. The Kier molecular flexibility index (Phi) is 3.87. The number of amides is 1. The number of aliphatic carboxylic acids is 1. The molecule has 0 aromatic carbocycles. The van der Waals surface area contributed by atoms with Crippen molar-refractivity contribution < 1.29 is 14.7 Å². The number of carboxylic acids is 1. The lowest BCUT2D eigenvalue weighted by Crippen LogP contribution is -2.57. The first-order valence-electron chi connectivity index (χ1n) is 6.57. The quantitative estimate of drug-likeness (QED) is 0.693. The number of nitrogens with zero attached hydrogens (tertiary/aromatic N) is 2. The van der Waals surface area contributed by atoms with Crippen molar-refractivity contribution >= 4 is 11.9 Å². The van der Waals surface area contributed by atoms with E-state index in [0.717, 1.165) is 25.9 Å². The summed E-state index contributed by atoms with van der Waals surface area (Å²) in [7, 11) is 0. The van der Waals surface area contributed by atoms with Gasteiger partial charge in [-0.2, -0.15) is 0 Å². The average Bonchev–Trinajstić information content (AvgIpc) is 2.75. The smallest absolute Gasteiger partial charge is 0.326 e. The fourth-order valence-corrected chi connectivity index (χ4v) is 3.00. The molecular formula is C12H21N3O3. The van der Waals surface area contributed by atoms with Crippen molar-refractivity contribution in [1.29, 1.82) is 0 Å². The fourth-order valence-electron chi connectivity index (χ4n) is 3.00. The largest absolute Gasteiger partial charge is 0.480 e. The van der Waals surface area contributed by atoms with E-state index in [4.69, 9.17) is 5.73 Å². The Labute approximate surface area is 107 Å². The molecule has 2 aliphatic heterocycles. The maximum Gasteiger partial charge on any atom is 0.326 e. The minimum Gasteiger partial charge on any atom is -0.480 e. The minimum atomic E-state index is -0.911. The second kappa shape index (κ2) is 5.24. The van der Waals surface area contributed by atoms with Gasteiger partial charge in [-0.3, -0.25) is 4.79 Å². The van der Waals surface area contributed by atoms with Crippen LogP contribution in [-0.4, -0.2) is 64.5 Å². The summed E-state index contributed by atoms with van der Waals surface area (Å²) < 4.78 is 0. The Morgan fingerprint density at radius 3 is 2.78 bits per heavy atom. The molecule has 2 saturated heterocycles. The van der Waals surface area contributed by atoms with Crippen LogP contribution in [0.2, 0.25) is 0 Å². The van der Waals surface area contributed by atoms with Gasteiger partial charge in [0, 0.05) is 19.1 Å². The molecule has 0 aromatic heterocycles. The van der Waals surface area contributed by atoms with E-state index in [9.17, 15) is 14.7 Å². The molecule has 3 atom stereocenters. The molecule has 6 heteroatoms. The number of likely N-dealkylation sites (N-methyl/N-ethyl adjacent to an activating group) is 1. The molecule has 2 rings (SSSR count). The number of carbonyl (C=O) groups excluding carboxylic acids is 1. The van der Waals surface area contributed by atoms with Crippen molar-refractivity contribution in [2.24, 2.45) is 5.73 Å². The van der Waals surface area contributed by atoms with Gasteiger partial charge in [0.25, 0.3) is 0 Å². The molecule has 0 unspecified atom stereocenters. The van der Waals surface area contributed by atoms with Crippen LogP contribution < -0.4 is 5.73 Å². The van der Waals surface area contributed by atoms with Gasteiger partial charge in [-0.25, -0.2) is 4.79 Å². The summed E-state index contributed by atoms with van der Waals surface area (Å²) in [6.07, 6.45) is 2.16. The van der Waals surface area contributed by atoms with Gasteiger partial charge in [0.1, 0.15) is 6.04 Å². The van der Waals surface area contributed by atoms with Gasteiger partial charge < -0.3 is 20.6 Å². The van der Waals surface area contributed by atoms with Gasteiger partial charge in [0.15, 0.2) is 0 Å². The predicted octanol–water partition coefficient (Wildman–Crippen LogP) is -0.516. The molecule has 3 N–H and O–H groups in total. The van der Waals surface area contributed by atoms with Gasteiger partial charge in [-0.05, 0) is 25.8 Å². The van der Waals surface area contributed by atoms with Gasteiger partial charge in [0.05, 0.1) is 6.04 Å². The monoisotopic (exact) mass is 255 g/mol. The van der Waals surface area contributed by atoms with Gasteiger partial charge in [-0.15, -0.1) is 0 Å². The summed E-state index contributed by atoms with van der Waals surface area (Å²) in [5.74, 6) is -1.12. The first-order valence-corrected chi connectivity index (χ1v) is 6.57. The zero-order valence-corrected chi connectivity index (χ0v) is 10.7. The number of hydrogen-bond donors (Lipinski definition) is 2. The molecule has 1 amide bonds. The Morgan fingerprint density at radius 2 is 2.17 bits per heavy atom. The van der Waals surface area contributed by atoms with Crippen LogP contribution in [-0.2, 0) is 9.59 Å². The van der Waals surface area contributed by atoms with Crippen molar-refractivity contribution in [3.05, 3.63) is 0 Å². The molecule has 2 heterocycles. The summed E-state index contributed by atoms with van der Waals surface area (Å²) in [4.78, 5) is 27.1. The Morgan fingerprint density at radius 1 is 1.44 bits per heavy atom. The topological polar surface area (TPSA) is 86.9 Å².